The van der Waals surface area contributed by atoms with Gasteiger partial charge >= 0.3 is 0 Å². The van der Waals surface area contributed by atoms with Crippen molar-refractivity contribution in [1.29, 1.82) is 0 Å². The van der Waals surface area contributed by atoms with Crippen LogP contribution in [0, 0.1) is 0 Å². The minimum absolute atomic E-state index is 0.119. The molecular weight excluding hydrogens is 416 g/mol. The quantitative estimate of drug-likeness (QED) is 0.607. The molecule has 1 fully saturated rings. The van der Waals surface area contributed by atoms with Gasteiger partial charge in [0.25, 0.3) is 5.91 Å². The predicted molar refractivity (Wildman–Crippen MR) is 119 cm³/mol. The molecule has 1 N–H and O–H groups in total. The van der Waals surface area contributed by atoms with Gasteiger partial charge in [0, 0.05) is 38.0 Å². The first-order valence-electron chi connectivity index (χ1n) is 10.1. The number of thiazole rings is 1. The number of aromatic nitrogens is 1. The number of ether oxygens (including phenoxy) is 1. The van der Waals surface area contributed by atoms with Gasteiger partial charge in [0.15, 0.2) is 10.9 Å². The lowest BCUT2D eigenvalue weighted by molar-refractivity contribution is -0.131. The number of carbonyl (C=O) groups is 2. The first-order chi connectivity index (χ1) is 15.1. The molecule has 2 aromatic heterocycles. The molecule has 4 rings (SSSR count). The van der Waals surface area contributed by atoms with Gasteiger partial charge in [0.2, 0.25) is 5.91 Å². The second-order valence-corrected chi connectivity index (χ2v) is 7.97. The highest BCUT2D eigenvalue weighted by molar-refractivity contribution is 7.13. The molecule has 0 unspecified atom stereocenters. The molecule has 0 radical (unpaired) electrons. The molecule has 0 bridgehead atoms. The number of benzene rings is 1. The molecule has 162 valence electrons. The first kappa shape index (κ1) is 20.9. The van der Waals surface area contributed by atoms with E-state index in [1.165, 1.54) is 17.6 Å². The normalized spacial score (nSPS) is 13.8. The Kier molecular flexibility index (Phi) is 6.51. The summed E-state index contributed by atoms with van der Waals surface area (Å²) >= 11 is 1.34. The first-order valence-corrected chi connectivity index (χ1v) is 11.0. The molecular formula is C22H24N4O4S. The predicted octanol–water partition coefficient (Wildman–Crippen LogP) is 3.28. The molecule has 3 heterocycles. The van der Waals surface area contributed by atoms with Gasteiger partial charge in [0.05, 0.1) is 24.8 Å². The molecule has 1 aromatic carbocycles. The second-order valence-electron chi connectivity index (χ2n) is 7.12. The van der Waals surface area contributed by atoms with Crippen molar-refractivity contribution in [2.75, 3.05) is 43.5 Å². The van der Waals surface area contributed by atoms with Gasteiger partial charge in [0.1, 0.15) is 5.75 Å². The van der Waals surface area contributed by atoms with E-state index in [9.17, 15) is 9.59 Å². The van der Waals surface area contributed by atoms with Crippen LogP contribution in [-0.4, -0.2) is 55.0 Å². The van der Waals surface area contributed by atoms with E-state index in [1.807, 2.05) is 34.5 Å². The van der Waals surface area contributed by atoms with Crippen LogP contribution in [0.5, 0.6) is 5.75 Å². The van der Waals surface area contributed by atoms with Gasteiger partial charge in [-0.05, 0) is 30.7 Å². The summed E-state index contributed by atoms with van der Waals surface area (Å²) in [6.07, 6.45) is 2.38. The third-order valence-corrected chi connectivity index (χ3v) is 5.98. The summed E-state index contributed by atoms with van der Waals surface area (Å²) in [4.78, 5) is 33.2. The SMILES string of the molecule is COc1ccccc1N1CCN(C(=O)CCc2csc(NC(=O)c3ccco3)n2)CC1. The lowest BCUT2D eigenvalue weighted by Crippen LogP contribution is -2.48. The Hall–Kier alpha value is -3.33. The second kappa shape index (κ2) is 9.65. The summed E-state index contributed by atoms with van der Waals surface area (Å²) in [7, 11) is 1.67. The Morgan fingerprint density at radius 3 is 2.71 bits per heavy atom. The summed E-state index contributed by atoms with van der Waals surface area (Å²) in [5.74, 6) is 0.865. The number of hydrogen-bond donors (Lipinski definition) is 1. The smallest absolute Gasteiger partial charge is 0.293 e. The number of nitrogens with one attached hydrogen (secondary N) is 1. The number of para-hydroxylation sites is 2. The topological polar surface area (TPSA) is 87.9 Å². The zero-order chi connectivity index (χ0) is 21.6. The highest BCUT2D eigenvalue weighted by Gasteiger charge is 2.23. The third-order valence-electron chi connectivity index (χ3n) is 5.17. The van der Waals surface area contributed by atoms with Crippen molar-refractivity contribution in [2.24, 2.45) is 0 Å². The van der Waals surface area contributed by atoms with Crippen LogP contribution in [-0.2, 0) is 11.2 Å². The summed E-state index contributed by atoms with van der Waals surface area (Å²) in [6, 6.07) is 11.2. The fourth-order valence-electron chi connectivity index (χ4n) is 3.53. The van der Waals surface area contributed by atoms with Crippen LogP contribution in [0.1, 0.15) is 22.7 Å². The molecule has 3 aromatic rings. The zero-order valence-corrected chi connectivity index (χ0v) is 18.1. The van der Waals surface area contributed by atoms with Crippen LogP contribution in [0.4, 0.5) is 10.8 Å². The molecule has 0 aliphatic carbocycles. The zero-order valence-electron chi connectivity index (χ0n) is 17.2. The number of hydrogen-bond acceptors (Lipinski definition) is 7. The van der Waals surface area contributed by atoms with E-state index in [4.69, 9.17) is 9.15 Å². The third kappa shape index (κ3) is 5.05. The molecule has 8 nitrogen and oxygen atoms in total. The number of aryl methyl sites for hydroxylation is 1. The van der Waals surface area contributed by atoms with E-state index in [2.05, 4.69) is 15.2 Å². The van der Waals surface area contributed by atoms with Gasteiger partial charge in [-0.1, -0.05) is 12.1 Å². The van der Waals surface area contributed by atoms with Crippen molar-refractivity contribution in [2.45, 2.75) is 12.8 Å². The van der Waals surface area contributed by atoms with E-state index in [0.29, 0.717) is 31.1 Å². The highest BCUT2D eigenvalue weighted by atomic mass is 32.1. The Balaban J connectivity index is 1.25. The van der Waals surface area contributed by atoms with Crippen molar-refractivity contribution < 1.29 is 18.7 Å². The van der Waals surface area contributed by atoms with Crippen molar-refractivity contribution in [3.63, 3.8) is 0 Å². The highest BCUT2D eigenvalue weighted by Crippen LogP contribution is 2.28. The Bertz CT molecular complexity index is 1030. The number of carbonyl (C=O) groups excluding carboxylic acids is 2. The van der Waals surface area contributed by atoms with Gasteiger partial charge < -0.3 is 19.0 Å². The number of rotatable bonds is 7. The van der Waals surface area contributed by atoms with Crippen molar-refractivity contribution in [3.05, 3.63) is 59.5 Å². The van der Waals surface area contributed by atoms with Crippen molar-refractivity contribution >= 4 is 34.0 Å². The molecule has 0 spiro atoms. The maximum atomic E-state index is 12.7. The Morgan fingerprint density at radius 2 is 1.97 bits per heavy atom. The summed E-state index contributed by atoms with van der Waals surface area (Å²) < 4.78 is 10.5. The molecule has 0 atom stereocenters. The monoisotopic (exact) mass is 440 g/mol. The van der Waals surface area contributed by atoms with E-state index < -0.39 is 0 Å². The summed E-state index contributed by atoms with van der Waals surface area (Å²) in [5, 5.41) is 5.07. The van der Waals surface area contributed by atoms with E-state index >= 15 is 0 Å². The maximum Gasteiger partial charge on any atom is 0.293 e. The molecule has 9 heteroatoms. The molecule has 0 saturated carbocycles. The van der Waals surface area contributed by atoms with E-state index in [-0.39, 0.29) is 17.6 Å². The number of anilines is 2. The average molecular weight is 441 g/mol. The van der Waals surface area contributed by atoms with Gasteiger partial charge in [-0.3, -0.25) is 14.9 Å². The minimum atomic E-state index is -0.338. The van der Waals surface area contributed by atoms with Crippen LogP contribution in [0.3, 0.4) is 0 Å². The molecule has 1 aliphatic heterocycles. The number of nitrogens with zero attached hydrogens (tertiary/aromatic N) is 3. The van der Waals surface area contributed by atoms with Gasteiger partial charge in [-0.25, -0.2) is 4.98 Å². The Morgan fingerprint density at radius 1 is 1.16 bits per heavy atom. The Labute approximate surface area is 184 Å². The van der Waals surface area contributed by atoms with Crippen LogP contribution in [0.25, 0.3) is 0 Å². The fraction of sp³-hybridized carbons (Fsp3) is 0.318. The summed E-state index contributed by atoms with van der Waals surface area (Å²) in [6.45, 7) is 2.90. The van der Waals surface area contributed by atoms with Gasteiger partial charge in [-0.15, -0.1) is 11.3 Å². The molecule has 1 aliphatic rings. The lowest BCUT2D eigenvalue weighted by Gasteiger charge is -2.36. The molecule has 2 amide bonds. The largest absolute Gasteiger partial charge is 0.495 e. The summed E-state index contributed by atoms with van der Waals surface area (Å²) in [5.41, 5.74) is 1.85. The number of furan rings is 1. The minimum Gasteiger partial charge on any atom is -0.495 e. The van der Waals surface area contributed by atoms with Gasteiger partial charge in [-0.2, -0.15) is 0 Å². The maximum absolute atomic E-state index is 12.7. The van der Waals surface area contributed by atoms with Crippen LogP contribution >= 0.6 is 11.3 Å². The standard InChI is InChI=1S/C22H24N4O4S/c1-29-18-6-3-2-5-17(18)25-10-12-26(13-11-25)20(27)9-8-16-15-31-22(23-16)24-21(28)19-7-4-14-30-19/h2-7,14-15H,8-13H2,1H3,(H,23,24,28). The average Bonchev–Trinajstić information content (AvgIpc) is 3.50. The van der Waals surface area contributed by atoms with E-state index in [0.717, 1.165) is 30.2 Å². The fourth-order valence-corrected chi connectivity index (χ4v) is 4.27. The van der Waals surface area contributed by atoms with Crippen molar-refractivity contribution in [3.8, 4) is 5.75 Å². The molecule has 31 heavy (non-hydrogen) atoms. The number of piperazine rings is 1. The van der Waals surface area contributed by atoms with Crippen molar-refractivity contribution in [1.82, 2.24) is 9.88 Å². The molecule has 1 saturated heterocycles. The number of amides is 2. The van der Waals surface area contributed by atoms with Crippen LogP contribution in [0.2, 0.25) is 0 Å². The number of methoxy groups -OCH3 is 1. The lowest BCUT2D eigenvalue weighted by atomic mass is 10.2. The van der Waals surface area contributed by atoms with Crippen LogP contribution < -0.4 is 15.0 Å². The van der Waals surface area contributed by atoms with E-state index in [1.54, 1.807) is 19.2 Å². The van der Waals surface area contributed by atoms with Crippen LogP contribution in [0.15, 0.2) is 52.5 Å².